The molecule has 1 amide bonds. The molecule has 0 spiro atoms. The van der Waals surface area contributed by atoms with Crippen molar-refractivity contribution in [2.75, 3.05) is 10.6 Å². The fourth-order valence-corrected chi connectivity index (χ4v) is 2.61. The van der Waals surface area contributed by atoms with E-state index < -0.39 is 11.9 Å². The molecule has 2 heterocycles. The van der Waals surface area contributed by atoms with Gasteiger partial charge in [0.2, 0.25) is 11.9 Å². The molecule has 0 fully saturated rings. The zero-order valence-electron chi connectivity index (χ0n) is 13.3. The van der Waals surface area contributed by atoms with E-state index in [1.165, 1.54) is 0 Å². The van der Waals surface area contributed by atoms with Crippen LogP contribution in [0.2, 0.25) is 5.02 Å². The van der Waals surface area contributed by atoms with Crippen LogP contribution in [0, 0.1) is 0 Å². The lowest BCUT2D eigenvalue weighted by molar-refractivity contribution is -0.305. The first-order chi connectivity index (χ1) is 11.9. The van der Waals surface area contributed by atoms with E-state index in [1.54, 1.807) is 16.8 Å². The highest BCUT2D eigenvalue weighted by Crippen LogP contribution is 2.30. The zero-order valence-corrected chi connectivity index (χ0v) is 14.1. The summed E-state index contributed by atoms with van der Waals surface area (Å²) < 4.78 is 1.64. The van der Waals surface area contributed by atoms with Gasteiger partial charge in [-0.05, 0) is 37.1 Å². The summed E-state index contributed by atoms with van der Waals surface area (Å²) >= 11 is 5.94. The van der Waals surface area contributed by atoms with Gasteiger partial charge in [-0.2, -0.15) is 4.98 Å². The quantitative estimate of drug-likeness (QED) is 0.831. The van der Waals surface area contributed by atoms with E-state index in [0.29, 0.717) is 11.0 Å². The molecule has 8 nitrogen and oxygen atoms in total. The molecule has 0 radical (unpaired) electrons. The van der Waals surface area contributed by atoms with E-state index in [0.717, 1.165) is 11.3 Å². The van der Waals surface area contributed by atoms with Crippen LogP contribution < -0.4 is 15.7 Å². The Labute approximate surface area is 148 Å². The Morgan fingerprint density at radius 2 is 2.04 bits per heavy atom. The molecule has 0 saturated heterocycles. The maximum absolute atomic E-state index is 11.7. The molecule has 1 aromatic carbocycles. The van der Waals surface area contributed by atoms with Gasteiger partial charge in [-0.25, -0.2) is 4.68 Å². The van der Waals surface area contributed by atoms with Gasteiger partial charge in [-0.3, -0.25) is 10.1 Å². The molecule has 9 heteroatoms. The number of rotatable bonds is 5. The molecule has 1 aliphatic rings. The number of aromatic nitrogens is 3. The van der Waals surface area contributed by atoms with Crippen LogP contribution in [0.5, 0.6) is 0 Å². The molecule has 0 unspecified atom stereocenters. The number of nitrogens with zero attached hydrogens (tertiary/aromatic N) is 3. The van der Waals surface area contributed by atoms with Crippen molar-refractivity contribution in [3.05, 3.63) is 46.6 Å². The second-order valence-electron chi connectivity index (χ2n) is 5.59. The summed E-state index contributed by atoms with van der Waals surface area (Å²) in [4.78, 5) is 26.4. The fourth-order valence-electron chi connectivity index (χ4n) is 2.48. The van der Waals surface area contributed by atoms with E-state index in [-0.39, 0.29) is 24.8 Å². The van der Waals surface area contributed by atoms with Gasteiger partial charge in [0.15, 0.2) is 0 Å². The maximum atomic E-state index is 11.7. The minimum atomic E-state index is -1.28. The van der Waals surface area contributed by atoms with Gasteiger partial charge in [0.05, 0.1) is 0 Å². The number of anilines is 2. The van der Waals surface area contributed by atoms with E-state index in [2.05, 4.69) is 20.7 Å². The standard InChI is InChI=1S/C16H16ClN5O3/c1-9-8-12(10-2-4-11(17)5-3-10)22-16(18-9)20-15(21-22)19-13(23)6-7-14(24)25/h2-5,8,12H,6-7H2,1H3,(H,24,25)(H2,18,19,20,21,23)/p-1/t12-/m1/s1. The van der Waals surface area contributed by atoms with Crippen LogP contribution in [0.4, 0.5) is 11.9 Å². The van der Waals surface area contributed by atoms with Gasteiger partial charge >= 0.3 is 0 Å². The monoisotopic (exact) mass is 360 g/mol. The summed E-state index contributed by atoms with van der Waals surface area (Å²) in [7, 11) is 0. The number of hydrogen-bond donors (Lipinski definition) is 2. The van der Waals surface area contributed by atoms with Gasteiger partial charge in [-0.1, -0.05) is 23.7 Å². The second-order valence-corrected chi connectivity index (χ2v) is 6.03. The van der Waals surface area contributed by atoms with Crippen molar-refractivity contribution in [1.82, 2.24) is 14.8 Å². The van der Waals surface area contributed by atoms with Gasteiger partial charge in [0, 0.05) is 23.1 Å². The largest absolute Gasteiger partial charge is 0.550 e. The highest BCUT2D eigenvalue weighted by Gasteiger charge is 2.23. The minimum Gasteiger partial charge on any atom is -0.550 e. The van der Waals surface area contributed by atoms with E-state index >= 15 is 0 Å². The van der Waals surface area contributed by atoms with Crippen LogP contribution >= 0.6 is 11.6 Å². The minimum absolute atomic E-state index is 0.105. The number of amides is 1. The Balaban J connectivity index is 1.82. The molecule has 1 atom stereocenters. The molecule has 0 aliphatic carbocycles. The first kappa shape index (κ1) is 17.0. The molecular formula is C16H15ClN5O3-. The lowest BCUT2D eigenvalue weighted by atomic mass is 10.1. The van der Waals surface area contributed by atoms with E-state index in [9.17, 15) is 14.7 Å². The van der Waals surface area contributed by atoms with Crippen molar-refractivity contribution >= 4 is 35.4 Å². The van der Waals surface area contributed by atoms with Crippen molar-refractivity contribution < 1.29 is 14.7 Å². The summed E-state index contributed by atoms with van der Waals surface area (Å²) in [6, 6.07) is 7.18. The first-order valence-corrected chi connectivity index (χ1v) is 7.97. The topological polar surface area (TPSA) is 112 Å². The Kier molecular flexibility index (Phi) is 4.71. The van der Waals surface area contributed by atoms with Crippen LogP contribution in [-0.4, -0.2) is 26.6 Å². The highest BCUT2D eigenvalue weighted by atomic mass is 35.5. The summed E-state index contributed by atoms with van der Waals surface area (Å²) in [6.45, 7) is 1.90. The Morgan fingerprint density at radius 3 is 2.72 bits per heavy atom. The SMILES string of the molecule is CC1=C[C@H](c2ccc(Cl)cc2)n2nc(NC(=O)CCC(=O)[O-])nc2N1. The number of benzene rings is 1. The third-order valence-electron chi connectivity index (χ3n) is 3.63. The van der Waals surface area contributed by atoms with Crippen LogP contribution in [-0.2, 0) is 9.59 Å². The van der Waals surface area contributed by atoms with Crippen LogP contribution in [0.25, 0.3) is 0 Å². The van der Waals surface area contributed by atoms with Crippen molar-refractivity contribution in [3.63, 3.8) is 0 Å². The summed E-state index contributed by atoms with van der Waals surface area (Å²) in [5, 5.41) is 20.9. The Hall–Kier alpha value is -2.87. The molecule has 0 saturated carbocycles. The normalized spacial score (nSPS) is 15.8. The smallest absolute Gasteiger partial charge is 0.250 e. The molecular weight excluding hydrogens is 346 g/mol. The van der Waals surface area contributed by atoms with Crippen LogP contribution in [0.15, 0.2) is 36.0 Å². The van der Waals surface area contributed by atoms with E-state index in [1.807, 2.05) is 25.1 Å². The van der Waals surface area contributed by atoms with Crippen molar-refractivity contribution in [2.24, 2.45) is 0 Å². The maximum Gasteiger partial charge on any atom is 0.250 e. The van der Waals surface area contributed by atoms with Crippen molar-refractivity contribution in [1.29, 1.82) is 0 Å². The number of fused-ring (bicyclic) bond motifs is 1. The number of allylic oxidation sites excluding steroid dienone is 2. The van der Waals surface area contributed by atoms with Gasteiger partial charge < -0.3 is 15.2 Å². The molecule has 1 aliphatic heterocycles. The lowest BCUT2D eigenvalue weighted by Crippen LogP contribution is -2.24. The molecule has 2 aromatic rings. The third-order valence-corrected chi connectivity index (χ3v) is 3.88. The number of hydrogen-bond acceptors (Lipinski definition) is 6. The molecule has 25 heavy (non-hydrogen) atoms. The summed E-state index contributed by atoms with van der Waals surface area (Å²) in [5.74, 6) is -1.18. The number of aliphatic carboxylic acids is 1. The second kappa shape index (κ2) is 6.94. The molecule has 0 bridgehead atoms. The number of carboxylic acid groups (broad SMARTS) is 1. The first-order valence-electron chi connectivity index (χ1n) is 7.59. The lowest BCUT2D eigenvalue weighted by Gasteiger charge is -2.22. The van der Waals surface area contributed by atoms with Gasteiger partial charge in [-0.15, -0.1) is 5.10 Å². The number of nitrogens with one attached hydrogen (secondary N) is 2. The summed E-state index contributed by atoms with van der Waals surface area (Å²) in [6.07, 6.45) is 1.43. The van der Waals surface area contributed by atoms with Crippen molar-refractivity contribution in [3.8, 4) is 0 Å². The predicted octanol–water partition coefficient (Wildman–Crippen LogP) is 1.32. The number of halogens is 1. The average molecular weight is 361 g/mol. The predicted molar refractivity (Wildman–Crippen MR) is 89.9 cm³/mol. The Morgan fingerprint density at radius 1 is 1.32 bits per heavy atom. The van der Waals surface area contributed by atoms with Gasteiger partial charge in [0.25, 0.3) is 5.95 Å². The highest BCUT2D eigenvalue weighted by molar-refractivity contribution is 6.30. The van der Waals surface area contributed by atoms with Crippen molar-refractivity contribution in [2.45, 2.75) is 25.8 Å². The summed E-state index contributed by atoms with van der Waals surface area (Å²) in [5.41, 5.74) is 1.86. The number of carboxylic acids is 1. The average Bonchev–Trinajstić information content (AvgIpc) is 2.95. The zero-order chi connectivity index (χ0) is 18.0. The molecule has 2 N–H and O–H groups in total. The van der Waals surface area contributed by atoms with Crippen LogP contribution in [0.3, 0.4) is 0 Å². The molecule has 1 aromatic heterocycles. The van der Waals surface area contributed by atoms with Gasteiger partial charge in [0.1, 0.15) is 6.04 Å². The number of carbonyl (C=O) groups excluding carboxylic acids is 2. The fraction of sp³-hybridized carbons (Fsp3) is 0.250. The Bertz CT molecular complexity index is 844. The third kappa shape index (κ3) is 3.97. The van der Waals surface area contributed by atoms with Crippen LogP contribution in [0.1, 0.15) is 31.4 Å². The number of carbonyl (C=O) groups is 2. The molecule has 130 valence electrons. The molecule has 3 rings (SSSR count). The van der Waals surface area contributed by atoms with E-state index in [4.69, 9.17) is 11.6 Å².